The number of anilines is 2. The quantitative estimate of drug-likeness (QED) is 0.830. The lowest BCUT2D eigenvalue weighted by Crippen LogP contribution is -2.14. The van der Waals surface area contributed by atoms with Crippen LogP contribution in [0.5, 0.6) is 5.88 Å². The Morgan fingerprint density at radius 2 is 2.20 bits per heavy atom. The van der Waals surface area contributed by atoms with Crippen molar-refractivity contribution in [2.75, 3.05) is 17.6 Å². The number of nitrogen functional groups attached to an aromatic ring is 1. The normalized spacial score (nSPS) is 10.8. The van der Waals surface area contributed by atoms with Crippen LogP contribution in [0, 0.1) is 6.92 Å². The fourth-order valence-electron chi connectivity index (χ4n) is 1.70. The zero-order chi connectivity index (χ0) is 14.5. The molecule has 0 spiro atoms. The Bertz CT molecular complexity index is 566. The fourth-order valence-corrected chi connectivity index (χ4v) is 1.70. The predicted octanol–water partition coefficient (Wildman–Crippen LogP) is 1.46. The summed E-state index contributed by atoms with van der Waals surface area (Å²) < 4.78 is 7.35. The van der Waals surface area contributed by atoms with Crippen molar-refractivity contribution in [3.63, 3.8) is 0 Å². The highest BCUT2D eigenvalue weighted by molar-refractivity contribution is 5.31. The van der Waals surface area contributed by atoms with Gasteiger partial charge in [0.15, 0.2) is 0 Å². The number of nitrogens with one attached hydrogen (secondary N) is 1. The third kappa shape index (κ3) is 4.11. The van der Waals surface area contributed by atoms with Crippen LogP contribution in [-0.2, 0) is 6.54 Å². The van der Waals surface area contributed by atoms with Gasteiger partial charge in [0.1, 0.15) is 0 Å². The second kappa shape index (κ2) is 6.23. The van der Waals surface area contributed by atoms with Crippen LogP contribution < -0.4 is 15.8 Å². The molecule has 0 atom stereocenters. The molecular formula is C13H20N6O. The SMILES string of the molecule is Cc1cc(OC(C)C)nc(NCCn2cc(N)cn2)n1. The highest BCUT2D eigenvalue weighted by Gasteiger charge is 2.05. The molecule has 0 aromatic carbocycles. The molecule has 7 heteroatoms. The number of rotatable bonds is 6. The first kappa shape index (κ1) is 14.1. The van der Waals surface area contributed by atoms with Gasteiger partial charge in [0, 0.05) is 24.5 Å². The summed E-state index contributed by atoms with van der Waals surface area (Å²) in [6, 6.07) is 1.82. The summed E-state index contributed by atoms with van der Waals surface area (Å²) in [5, 5.41) is 7.26. The van der Waals surface area contributed by atoms with E-state index in [0.29, 0.717) is 30.6 Å². The number of hydrogen-bond acceptors (Lipinski definition) is 6. The first-order chi connectivity index (χ1) is 9.52. The number of ether oxygens (including phenoxy) is 1. The summed E-state index contributed by atoms with van der Waals surface area (Å²) in [5.41, 5.74) is 7.12. The lowest BCUT2D eigenvalue weighted by Gasteiger charge is -2.11. The van der Waals surface area contributed by atoms with Crippen molar-refractivity contribution < 1.29 is 4.74 Å². The van der Waals surface area contributed by atoms with E-state index in [9.17, 15) is 0 Å². The number of hydrogen-bond donors (Lipinski definition) is 2. The van der Waals surface area contributed by atoms with Crippen molar-refractivity contribution in [3.8, 4) is 5.88 Å². The smallest absolute Gasteiger partial charge is 0.226 e. The van der Waals surface area contributed by atoms with Gasteiger partial charge in [-0.15, -0.1) is 0 Å². The average Bonchev–Trinajstić information content (AvgIpc) is 2.73. The summed E-state index contributed by atoms with van der Waals surface area (Å²) in [4.78, 5) is 8.63. The molecule has 2 rings (SSSR count). The highest BCUT2D eigenvalue weighted by atomic mass is 16.5. The van der Waals surface area contributed by atoms with E-state index in [1.807, 2.05) is 26.8 Å². The molecule has 2 aromatic heterocycles. The van der Waals surface area contributed by atoms with Gasteiger partial charge >= 0.3 is 0 Å². The van der Waals surface area contributed by atoms with Crippen molar-refractivity contribution in [2.24, 2.45) is 0 Å². The molecule has 7 nitrogen and oxygen atoms in total. The molecule has 0 amide bonds. The van der Waals surface area contributed by atoms with E-state index >= 15 is 0 Å². The molecule has 0 bridgehead atoms. The van der Waals surface area contributed by atoms with E-state index in [2.05, 4.69) is 20.4 Å². The van der Waals surface area contributed by atoms with E-state index in [4.69, 9.17) is 10.5 Å². The molecule has 3 N–H and O–H groups in total. The Balaban J connectivity index is 1.93. The van der Waals surface area contributed by atoms with Crippen LogP contribution in [0.4, 0.5) is 11.6 Å². The maximum Gasteiger partial charge on any atom is 0.226 e. The van der Waals surface area contributed by atoms with Crippen molar-refractivity contribution in [2.45, 2.75) is 33.4 Å². The van der Waals surface area contributed by atoms with Crippen molar-refractivity contribution in [3.05, 3.63) is 24.2 Å². The Morgan fingerprint density at radius 1 is 1.40 bits per heavy atom. The number of aromatic nitrogens is 4. The molecule has 2 heterocycles. The lowest BCUT2D eigenvalue weighted by atomic mass is 10.4. The van der Waals surface area contributed by atoms with Gasteiger partial charge in [-0.1, -0.05) is 0 Å². The van der Waals surface area contributed by atoms with Crippen LogP contribution in [-0.4, -0.2) is 32.4 Å². The Hall–Kier alpha value is -2.31. The van der Waals surface area contributed by atoms with Gasteiger partial charge in [-0.3, -0.25) is 4.68 Å². The molecule has 0 fully saturated rings. The molecular weight excluding hydrogens is 256 g/mol. The van der Waals surface area contributed by atoms with Crippen molar-refractivity contribution in [1.82, 2.24) is 19.7 Å². The van der Waals surface area contributed by atoms with Crippen LogP contribution >= 0.6 is 0 Å². The number of aryl methyl sites for hydroxylation is 1. The first-order valence-electron chi connectivity index (χ1n) is 6.57. The minimum absolute atomic E-state index is 0.0872. The second-order valence-electron chi connectivity index (χ2n) is 4.80. The molecule has 0 aliphatic heterocycles. The summed E-state index contributed by atoms with van der Waals surface area (Å²) in [6.45, 7) is 7.19. The van der Waals surface area contributed by atoms with Gasteiger partial charge in [0.2, 0.25) is 11.8 Å². The van der Waals surface area contributed by atoms with Gasteiger partial charge < -0.3 is 15.8 Å². The summed E-state index contributed by atoms with van der Waals surface area (Å²) >= 11 is 0. The first-order valence-corrected chi connectivity index (χ1v) is 6.57. The van der Waals surface area contributed by atoms with Gasteiger partial charge in [-0.25, -0.2) is 4.98 Å². The number of nitrogens with two attached hydrogens (primary N) is 1. The van der Waals surface area contributed by atoms with Crippen molar-refractivity contribution in [1.29, 1.82) is 0 Å². The van der Waals surface area contributed by atoms with Gasteiger partial charge in [0.25, 0.3) is 0 Å². The van der Waals surface area contributed by atoms with Crippen molar-refractivity contribution >= 4 is 11.6 Å². The fraction of sp³-hybridized carbons (Fsp3) is 0.462. The minimum atomic E-state index is 0.0872. The van der Waals surface area contributed by atoms with Crippen LogP contribution in [0.2, 0.25) is 0 Å². The van der Waals surface area contributed by atoms with Crippen LogP contribution in [0.25, 0.3) is 0 Å². The molecule has 0 aliphatic carbocycles. The van der Waals surface area contributed by atoms with Crippen LogP contribution in [0.15, 0.2) is 18.5 Å². The molecule has 0 unspecified atom stereocenters. The Labute approximate surface area is 118 Å². The largest absolute Gasteiger partial charge is 0.475 e. The molecule has 2 aromatic rings. The highest BCUT2D eigenvalue weighted by Crippen LogP contribution is 2.13. The zero-order valence-corrected chi connectivity index (χ0v) is 12.0. The van der Waals surface area contributed by atoms with E-state index in [0.717, 1.165) is 5.69 Å². The second-order valence-corrected chi connectivity index (χ2v) is 4.80. The third-order valence-corrected chi connectivity index (χ3v) is 2.46. The van der Waals surface area contributed by atoms with E-state index < -0.39 is 0 Å². The molecule has 0 aliphatic rings. The van der Waals surface area contributed by atoms with E-state index in [1.54, 1.807) is 17.1 Å². The monoisotopic (exact) mass is 276 g/mol. The molecule has 0 radical (unpaired) electrons. The predicted molar refractivity (Wildman–Crippen MR) is 77.7 cm³/mol. The van der Waals surface area contributed by atoms with Gasteiger partial charge in [-0.2, -0.15) is 10.1 Å². The average molecular weight is 276 g/mol. The summed E-state index contributed by atoms with van der Waals surface area (Å²) in [5.74, 6) is 1.14. The van der Waals surface area contributed by atoms with Gasteiger partial charge in [-0.05, 0) is 20.8 Å². The van der Waals surface area contributed by atoms with E-state index in [-0.39, 0.29) is 6.10 Å². The third-order valence-electron chi connectivity index (χ3n) is 2.46. The van der Waals surface area contributed by atoms with Crippen LogP contribution in [0.1, 0.15) is 19.5 Å². The Morgan fingerprint density at radius 3 is 2.85 bits per heavy atom. The minimum Gasteiger partial charge on any atom is -0.475 e. The van der Waals surface area contributed by atoms with E-state index in [1.165, 1.54) is 0 Å². The standard InChI is InChI=1S/C13H20N6O/c1-9(2)20-12-6-10(3)17-13(18-12)15-4-5-19-8-11(14)7-16-19/h6-9H,4-5,14H2,1-3H3,(H,15,17,18). The molecule has 0 saturated carbocycles. The van der Waals surface area contributed by atoms with Gasteiger partial charge in [0.05, 0.1) is 24.5 Å². The van der Waals surface area contributed by atoms with Crippen LogP contribution in [0.3, 0.4) is 0 Å². The maximum atomic E-state index is 5.60. The maximum absolute atomic E-state index is 5.60. The molecule has 20 heavy (non-hydrogen) atoms. The lowest BCUT2D eigenvalue weighted by molar-refractivity contribution is 0.232. The molecule has 0 saturated heterocycles. The number of nitrogens with zero attached hydrogens (tertiary/aromatic N) is 4. The molecule has 108 valence electrons. The summed E-state index contributed by atoms with van der Waals surface area (Å²) in [7, 11) is 0. The summed E-state index contributed by atoms with van der Waals surface area (Å²) in [6.07, 6.45) is 3.49. The zero-order valence-electron chi connectivity index (χ0n) is 12.0. The topological polar surface area (TPSA) is 90.9 Å². The Kier molecular flexibility index (Phi) is 4.39.